The molecule has 1 aromatic carbocycles. The third kappa shape index (κ3) is 4.27. The van der Waals surface area contributed by atoms with Crippen LogP contribution in [0.25, 0.3) is 10.8 Å². The molecule has 0 aliphatic heterocycles. The number of aryl methyl sites for hydroxylation is 1. The van der Waals surface area contributed by atoms with E-state index in [0.29, 0.717) is 34.4 Å². The fourth-order valence-electron chi connectivity index (χ4n) is 2.79. The van der Waals surface area contributed by atoms with Gasteiger partial charge in [-0.3, -0.25) is 19.6 Å². The van der Waals surface area contributed by atoms with Crippen LogP contribution in [-0.4, -0.2) is 27.5 Å². The number of pyridine rings is 2. The van der Waals surface area contributed by atoms with E-state index in [4.69, 9.17) is 4.74 Å². The van der Waals surface area contributed by atoms with Gasteiger partial charge in [0.25, 0.3) is 5.56 Å². The zero-order valence-electron chi connectivity index (χ0n) is 15.5. The highest BCUT2D eigenvalue weighted by atomic mass is 127. The molecular weight excluding hydrogens is 473 g/mol. The number of halogens is 1. The van der Waals surface area contributed by atoms with Crippen molar-refractivity contribution in [3.63, 3.8) is 0 Å². The van der Waals surface area contributed by atoms with E-state index < -0.39 is 0 Å². The van der Waals surface area contributed by atoms with Crippen LogP contribution in [0.3, 0.4) is 0 Å². The molecule has 2 aromatic heterocycles. The first-order valence-corrected chi connectivity index (χ1v) is 9.85. The van der Waals surface area contributed by atoms with Gasteiger partial charge in [0, 0.05) is 39.4 Å². The number of hydrogen-bond acceptors (Lipinski definition) is 5. The molecule has 2 heterocycles. The average molecular weight is 493 g/mol. The van der Waals surface area contributed by atoms with E-state index in [0.717, 1.165) is 9.99 Å². The standard InChI is InChI=1S/C20H20IN3O4/c1-3-6-28-18-11-24(2)13(8-17(18)25)9-22-10-16-15-7-12(21)4-5-14(15)19(26)23-20(16)27/h4-5,7-8,10-11H,3,6,9H2,1-2H3,(H2,23,26,27). The summed E-state index contributed by atoms with van der Waals surface area (Å²) in [7, 11) is 1.82. The first-order valence-electron chi connectivity index (χ1n) is 8.77. The average Bonchev–Trinajstić information content (AvgIpc) is 2.65. The largest absolute Gasteiger partial charge is 0.494 e. The molecule has 3 rings (SSSR count). The first kappa shape index (κ1) is 20.1. The second kappa shape index (κ2) is 8.59. The van der Waals surface area contributed by atoms with Gasteiger partial charge in [-0.25, -0.2) is 0 Å². The minimum Gasteiger partial charge on any atom is -0.494 e. The lowest BCUT2D eigenvalue weighted by molar-refractivity contribution is 0.311. The van der Waals surface area contributed by atoms with E-state index in [1.807, 2.05) is 26.1 Å². The van der Waals surface area contributed by atoms with Crippen molar-refractivity contribution in [1.82, 2.24) is 9.55 Å². The van der Waals surface area contributed by atoms with Gasteiger partial charge in [-0.05, 0) is 47.2 Å². The van der Waals surface area contributed by atoms with Crippen LogP contribution in [0.1, 0.15) is 24.6 Å². The molecule has 0 fully saturated rings. The fourth-order valence-corrected chi connectivity index (χ4v) is 3.28. The second-order valence-electron chi connectivity index (χ2n) is 6.33. The normalized spacial score (nSPS) is 11.4. The summed E-state index contributed by atoms with van der Waals surface area (Å²) in [6.07, 6.45) is 3.98. The number of nitrogens with one attached hydrogen (secondary N) is 1. The third-order valence-corrected chi connectivity index (χ3v) is 4.91. The van der Waals surface area contributed by atoms with Gasteiger partial charge in [0.2, 0.25) is 11.3 Å². The molecule has 0 radical (unpaired) electrons. The maximum atomic E-state index is 12.2. The molecule has 7 nitrogen and oxygen atoms in total. The van der Waals surface area contributed by atoms with Gasteiger partial charge < -0.3 is 14.4 Å². The second-order valence-corrected chi connectivity index (χ2v) is 7.57. The zero-order chi connectivity index (χ0) is 20.3. The Hall–Kier alpha value is -2.62. The van der Waals surface area contributed by atoms with E-state index in [9.17, 15) is 14.7 Å². The monoisotopic (exact) mass is 493 g/mol. The molecular formula is C20H20IN3O4. The summed E-state index contributed by atoms with van der Waals surface area (Å²) in [6, 6.07) is 6.86. The van der Waals surface area contributed by atoms with Crippen molar-refractivity contribution in [3.05, 3.63) is 65.9 Å². The topological polar surface area (TPSA) is 96.7 Å². The molecule has 0 saturated heterocycles. The molecule has 0 bridgehead atoms. The smallest absolute Gasteiger partial charge is 0.258 e. The van der Waals surface area contributed by atoms with Crippen molar-refractivity contribution < 1.29 is 9.84 Å². The molecule has 0 aliphatic rings. The number of hydrogen-bond donors (Lipinski definition) is 2. The highest BCUT2D eigenvalue weighted by molar-refractivity contribution is 14.1. The number of benzene rings is 1. The molecule has 0 spiro atoms. The molecule has 0 atom stereocenters. The van der Waals surface area contributed by atoms with E-state index in [-0.39, 0.29) is 23.4 Å². The minimum atomic E-state index is -0.355. The fraction of sp³-hybridized carbons (Fsp3) is 0.250. The number of fused-ring (bicyclic) bond motifs is 1. The number of nitrogens with zero attached hydrogens (tertiary/aromatic N) is 2. The Labute approximate surface area is 174 Å². The summed E-state index contributed by atoms with van der Waals surface area (Å²) in [4.78, 5) is 31.0. The zero-order valence-corrected chi connectivity index (χ0v) is 17.7. The van der Waals surface area contributed by atoms with Crippen molar-refractivity contribution in [2.45, 2.75) is 19.9 Å². The Morgan fingerprint density at radius 3 is 2.82 bits per heavy atom. The van der Waals surface area contributed by atoms with Gasteiger partial charge >= 0.3 is 0 Å². The molecule has 0 amide bonds. The van der Waals surface area contributed by atoms with Crippen LogP contribution in [0.15, 0.2) is 45.0 Å². The Balaban J connectivity index is 1.92. The van der Waals surface area contributed by atoms with Crippen LogP contribution in [0.4, 0.5) is 0 Å². The molecule has 0 aliphatic carbocycles. The van der Waals surface area contributed by atoms with Crippen molar-refractivity contribution in [2.24, 2.45) is 12.0 Å². The third-order valence-electron chi connectivity index (χ3n) is 4.24. The number of aromatic amines is 1. The summed E-state index contributed by atoms with van der Waals surface area (Å²) in [5.41, 5.74) is 0.587. The van der Waals surface area contributed by atoms with Crippen LogP contribution < -0.4 is 15.7 Å². The van der Waals surface area contributed by atoms with Crippen LogP contribution in [0, 0.1) is 3.57 Å². The van der Waals surface area contributed by atoms with Crippen LogP contribution in [0.2, 0.25) is 0 Å². The quantitative estimate of drug-likeness (QED) is 0.408. The SMILES string of the molecule is CCCOc1cn(C)c(CN=Cc2c(O)[nH]c(=O)c3ccc(I)cc23)cc1=O. The van der Waals surface area contributed by atoms with Gasteiger partial charge in [0.15, 0.2) is 5.75 Å². The van der Waals surface area contributed by atoms with E-state index >= 15 is 0 Å². The van der Waals surface area contributed by atoms with Crippen molar-refractivity contribution in [2.75, 3.05) is 6.61 Å². The first-order chi connectivity index (χ1) is 13.4. The lowest BCUT2D eigenvalue weighted by Gasteiger charge is -2.10. The van der Waals surface area contributed by atoms with Crippen molar-refractivity contribution >= 4 is 39.6 Å². The van der Waals surface area contributed by atoms with Crippen LogP contribution in [0.5, 0.6) is 11.6 Å². The molecule has 3 aromatic rings. The van der Waals surface area contributed by atoms with Gasteiger partial charge in [-0.15, -0.1) is 0 Å². The van der Waals surface area contributed by atoms with Crippen LogP contribution >= 0.6 is 22.6 Å². The summed E-state index contributed by atoms with van der Waals surface area (Å²) in [5.74, 6) is 0.0800. The highest BCUT2D eigenvalue weighted by Crippen LogP contribution is 2.22. The Kier molecular flexibility index (Phi) is 6.18. The van der Waals surface area contributed by atoms with Gasteiger partial charge in [-0.1, -0.05) is 6.92 Å². The molecule has 146 valence electrons. The highest BCUT2D eigenvalue weighted by Gasteiger charge is 2.10. The van der Waals surface area contributed by atoms with E-state index in [2.05, 4.69) is 32.6 Å². The summed E-state index contributed by atoms with van der Waals surface area (Å²) < 4.78 is 8.17. The molecule has 28 heavy (non-hydrogen) atoms. The van der Waals surface area contributed by atoms with Gasteiger partial charge in [0.05, 0.1) is 24.9 Å². The maximum absolute atomic E-state index is 12.2. The lowest BCUT2D eigenvalue weighted by Crippen LogP contribution is -2.14. The number of rotatable bonds is 6. The Morgan fingerprint density at radius 1 is 1.29 bits per heavy atom. The number of H-pyrrole nitrogens is 1. The Morgan fingerprint density at radius 2 is 2.07 bits per heavy atom. The van der Waals surface area contributed by atoms with E-state index in [1.165, 1.54) is 12.3 Å². The summed E-state index contributed by atoms with van der Waals surface area (Å²) in [5, 5.41) is 11.3. The lowest BCUT2D eigenvalue weighted by atomic mass is 10.1. The maximum Gasteiger partial charge on any atom is 0.258 e. The van der Waals surface area contributed by atoms with Crippen molar-refractivity contribution in [3.8, 4) is 11.6 Å². The van der Waals surface area contributed by atoms with Gasteiger partial charge in [0.1, 0.15) is 0 Å². The number of aromatic hydroxyl groups is 1. The molecule has 2 N–H and O–H groups in total. The summed E-state index contributed by atoms with van der Waals surface area (Å²) in [6.45, 7) is 2.71. The molecule has 8 heteroatoms. The van der Waals surface area contributed by atoms with Crippen LogP contribution in [-0.2, 0) is 13.6 Å². The molecule has 0 unspecified atom stereocenters. The number of ether oxygens (including phenoxy) is 1. The number of aromatic nitrogens is 2. The summed E-state index contributed by atoms with van der Waals surface area (Å²) >= 11 is 2.15. The molecule has 0 saturated carbocycles. The predicted octanol–water partition coefficient (Wildman–Crippen LogP) is 2.94. The Bertz CT molecular complexity index is 1160. The van der Waals surface area contributed by atoms with Crippen molar-refractivity contribution in [1.29, 1.82) is 0 Å². The predicted molar refractivity (Wildman–Crippen MR) is 118 cm³/mol. The van der Waals surface area contributed by atoms with E-state index in [1.54, 1.807) is 16.8 Å². The number of aliphatic imine (C=N–C) groups is 1. The van der Waals surface area contributed by atoms with Gasteiger partial charge in [-0.2, -0.15) is 0 Å². The minimum absolute atomic E-state index is 0.191.